The maximum absolute atomic E-state index is 13.0. The van der Waals surface area contributed by atoms with Crippen LogP contribution in [0.3, 0.4) is 0 Å². The molecule has 1 spiro atoms. The average molecular weight is 305 g/mol. The highest BCUT2D eigenvalue weighted by atomic mass is 19.1. The third kappa shape index (κ3) is 2.35. The molecule has 22 heavy (non-hydrogen) atoms. The van der Waals surface area contributed by atoms with Crippen LogP contribution in [0.1, 0.15) is 6.42 Å². The summed E-state index contributed by atoms with van der Waals surface area (Å²) >= 11 is 0. The number of piperazine rings is 1. The van der Waals surface area contributed by atoms with Crippen molar-refractivity contribution in [2.45, 2.75) is 12.0 Å². The van der Waals surface area contributed by atoms with Crippen molar-refractivity contribution in [2.24, 2.45) is 0 Å². The lowest BCUT2D eigenvalue weighted by molar-refractivity contribution is -0.147. The van der Waals surface area contributed by atoms with E-state index >= 15 is 0 Å². The lowest BCUT2D eigenvalue weighted by Crippen LogP contribution is -2.66. The summed E-state index contributed by atoms with van der Waals surface area (Å²) in [6.07, 6.45) is 4.86. The molecule has 3 heterocycles. The highest BCUT2D eigenvalue weighted by Gasteiger charge is 2.52. The molecule has 0 saturated carbocycles. The number of likely N-dealkylation sites (N-methyl/N-ethyl adjacent to an activating group) is 1. The molecule has 2 saturated heterocycles. The first-order valence-electron chi connectivity index (χ1n) is 7.41. The fraction of sp³-hybridized carbons (Fsp3) is 0.533. The number of hydrogen-bond acceptors (Lipinski definition) is 5. The third-order valence-corrected chi connectivity index (χ3v) is 4.54. The highest BCUT2D eigenvalue weighted by Crippen LogP contribution is 2.33. The van der Waals surface area contributed by atoms with E-state index in [1.165, 1.54) is 0 Å². The maximum atomic E-state index is 13.0. The Morgan fingerprint density at radius 1 is 1.36 bits per heavy atom. The number of rotatable bonds is 3. The van der Waals surface area contributed by atoms with Crippen molar-refractivity contribution in [3.05, 3.63) is 30.9 Å². The van der Waals surface area contributed by atoms with E-state index in [4.69, 9.17) is 0 Å². The van der Waals surface area contributed by atoms with Gasteiger partial charge >= 0.3 is 0 Å². The Kier molecular flexibility index (Phi) is 3.82. The molecule has 2 aliphatic heterocycles. The number of anilines is 1. The van der Waals surface area contributed by atoms with Crippen LogP contribution in [0.5, 0.6) is 0 Å². The summed E-state index contributed by atoms with van der Waals surface area (Å²) in [5, 5.41) is 0. The molecule has 1 atom stereocenters. The smallest absolute Gasteiger partial charge is 0.244 e. The van der Waals surface area contributed by atoms with E-state index in [1.807, 2.05) is 18.0 Å². The Balaban J connectivity index is 1.86. The number of carbonyl (C=O) groups is 1. The second kappa shape index (κ2) is 5.64. The topological polar surface area (TPSA) is 52.6 Å². The molecule has 3 rings (SSSR count). The molecule has 6 nitrogen and oxygen atoms in total. The van der Waals surface area contributed by atoms with E-state index in [1.54, 1.807) is 4.90 Å². The first-order chi connectivity index (χ1) is 10.6. The molecule has 7 heteroatoms. The number of hydrogen-bond donors (Lipinski definition) is 0. The van der Waals surface area contributed by atoms with Crippen LogP contribution in [0, 0.1) is 5.82 Å². The molecular weight excluding hydrogens is 285 g/mol. The number of carbonyl (C=O) groups excluding carboxylic acids is 1. The Hall–Kier alpha value is -2.02. The van der Waals surface area contributed by atoms with Crippen molar-refractivity contribution in [1.29, 1.82) is 0 Å². The molecule has 1 aromatic rings. The fourth-order valence-corrected chi connectivity index (χ4v) is 3.36. The van der Waals surface area contributed by atoms with Gasteiger partial charge in [0.25, 0.3) is 0 Å². The normalized spacial score (nSPS) is 26.0. The van der Waals surface area contributed by atoms with Crippen LogP contribution in [-0.4, -0.2) is 71.0 Å². The van der Waals surface area contributed by atoms with Crippen molar-refractivity contribution in [3.63, 3.8) is 0 Å². The van der Waals surface area contributed by atoms with Crippen LogP contribution in [0.15, 0.2) is 25.0 Å². The number of amides is 1. The van der Waals surface area contributed by atoms with Gasteiger partial charge in [-0.3, -0.25) is 9.69 Å². The Morgan fingerprint density at radius 2 is 2.09 bits per heavy atom. The van der Waals surface area contributed by atoms with Gasteiger partial charge in [0, 0.05) is 39.8 Å². The van der Waals surface area contributed by atoms with Gasteiger partial charge in [0.1, 0.15) is 5.54 Å². The standard InChI is InChI=1S/C15H20FN5O/c1-3-5-21-8-7-19(2)13(22)15(21)4-6-20(11-15)14-17-9-12(16)10-18-14/h3,9-10H,1,4-8,11H2,2H3/t15-/m0/s1. The van der Waals surface area contributed by atoms with Crippen LogP contribution in [0.4, 0.5) is 10.3 Å². The van der Waals surface area contributed by atoms with E-state index in [2.05, 4.69) is 21.4 Å². The van der Waals surface area contributed by atoms with Crippen molar-refractivity contribution in [1.82, 2.24) is 19.8 Å². The van der Waals surface area contributed by atoms with Gasteiger partial charge in [-0.25, -0.2) is 14.4 Å². The zero-order chi connectivity index (χ0) is 15.7. The minimum Gasteiger partial charge on any atom is -0.343 e. The predicted molar refractivity (Wildman–Crippen MR) is 81.0 cm³/mol. The maximum Gasteiger partial charge on any atom is 0.244 e. The fourth-order valence-electron chi connectivity index (χ4n) is 3.36. The molecule has 1 amide bonds. The summed E-state index contributed by atoms with van der Waals surface area (Å²) in [6.45, 7) is 7.22. The Labute approximate surface area is 129 Å². The Morgan fingerprint density at radius 3 is 2.77 bits per heavy atom. The minimum absolute atomic E-state index is 0.130. The van der Waals surface area contributed by atoms with Crippen molar-refractivity contribution < 1.29 is 9.18 Å². The molecule has 1 aromatic heterocycles. The van der Waals surface area contributed by atoms with Gasteiger partial charge in [0.05, 0.1) is 12.4 Å². The van der Waals surface area contributed by atoms with E-state index in [-0.39, 0.29) is 5.91 Å². The second-order valence-corrected chi connectivity index (χ2v) is 5.87. The quantitative estimate of drug-likeness (QED) is 0.762. The molecule has 118 valence electrons. The summed E-state index contributed by atoms with van der Waals surface area (Å²) in [6, 6.07) is 0. The SMILES string of the molecule is C=CCN1CCN(C)C(=O)[C@@]12CCN(c1ncc(F)cn1)C2. The lowest BCUT2D eigenvalue weighted by atomic mass is 9.91. The molecule has 0 radical (unpaired) electrons. The molecule has 0 unspecified atom stereocenters. The predicted octanol–water partition coefficient (Wildman–Crippen LogP) is 0.525. The first kappa shape index (κ1) is 14.9. The van der Waals surface area contributed by atoms with Crippen LogP contribution in [0.25, 0.3) is 0 Å². The largest absolute Gasteiger partial charge is 0.343 e. The molecule has 2 aliphatic rings. The van der Waals surface area contributed by atoms with Crippen LogP contribution >= 0.6 is 0 Å². The molecule has 2 fully saturated rings. The van der Waals surface area contributed by atoms with Gasteiger partial charge in [-0.05, 0) is 6.42 Å². The van der Waals surface area contributed by atoms with Gasteiger partial charge < -0.3 is 9.80 Å². The first-order valence-corrected chi connectivity index (χ1v) is 7.41. The van der Waals surface area contributed by atoms with Crippen LogP contribution < -0.4 is 4.90 Å². The summed E-state index contributed by atoms with van der Waals surface area (Å²) in [7, 11) is 1.84. The van der Waals surface area contributed by atoms with Crippen molar-refractivity contribution in [2.75, 3.05) is 44.7 Å². The summed E-state index contributed by atoms with van der Waals surface area (Å²) in [4.78, 5) is 26.8. The number of halogens is 1. The zero-order valence-electron chi connectivity index (χ0n) is 12.7. The van der Waals surface area contributed by atoms with E-state index in [9.17, 15) is 9.18 Å². The lowest BCUT2D eigenvalue weighted by Gasteiger charge is -2.46. The van der Waals surface area contributed by atoms with Crippen molar-refractivity contribution in [3.8, 4) is 0 Å². The summed E-state index contributed by atoms with van der Waals surface area (Å²) < 4.78 is 13.0. The molecule has 0 N–H and O–H groups in total. The summed E-state index contributed by atoms with van der Waals surface area (Å²) in [5.41, 5.74) is -0.557. The zero-order valence-corrected chi connectivity index (χ0v) is 12.7. The van der Waals surface area contributed by atoms with Gasteiger partial charge in [-0.15, -0.1) is 6.58 Å². The van der Waals surface area contributed by atoms with Gasteiger partial charge in [-0.1, -0.05) is 6.08 Å². The summed E-state index contributed by atoms with van der Waals surface area (Å²) in [5.74, 6) is 0.141. The minimum atomic E-state index is -0.557. The van der Waals surface area contributed by atoms with E-state index < -0.39 is 11.4 Å². The average Bonchev–Trinajstić information content (AvgIpc) is 2.95. The van der Waals surface area contributed by atoms with E-state index in [0.29, 0.717) is 32.0 Å². The molecule has 0 bridgehead atoms. The van der Waals surface area contributed by atoms with Gasteiger partial charge in [0.2, 0.25) is 11.9 Å². The van der Waals surface area contributed by atoms with E-state index in [0.717, 1.165) is 25.5 Å². The highest BCUT2D eigenvalue weighted by molar-refractivity contribution is 5.88. The van der Waals surface area contributed by atoms with Crippen molar-refractivity contribution >= 4 is 11.9 Å². The van der Waals surface area contributed by atoms with Crippen LogP contribution in [0.2, 0.25) is 0 Å². The molecule has 0 aliphatic carbocycles. The van der Waals surface area contributed by atoms with Gasteiger partial charge in [0.15, 0.2) is 5.82 Å². The molecule has 0 aromatic carbocycles. The molecular formula is C15H20FN5O. The van der Waals surface area contributed by atoms with Crippen LogP contribution in [-0.2, 0) is 4.79 Å². The third-order valence-electron chi connectivity index (χ3n) is 4.54. The number of nitrogens with zero attached hydrogens (tertiary/aromatic N) is 5. The monoisotopic (exact) mass is 305 g/mol. The Bertz CT molecular complexity index is 578. The second-order valence-electron chi connectivity index (χ2n) is 5.87. The number of aromatic nitrogens is 2. The van der Waals surface area contributed by atoms with Gasteiger partial charge in [-0.2, -0.15) is 0 Å².